The molecule has 1 atom stereocenters. The summed E-state index contributed by atoms with van der Waals surface area (Å²) in [6, 6.07) is 5.17. The van der Waals surface area contributed by atoms with Crippen LogP contribution in [0.1, 0.15) is 37.0 Å². The maximum atomic E-state index is 11.8. The van der Waals surface area contributed by atoms with Crippen molar-refractivity contribution < 1.29 is 14.3 Å². The second-order valence-electron chi connectivity index (χ2n) is 5.27. The van der Waals surface area contributed by atoms with Gasteiger partial charge in [0.05, 0.1) is 29.1 Å². The van der Waals surface area contributed by atoms with Crippen LogP contribution in [0.15, 0.2) is 18.2 Å². The quantitative estimate of drug-likeness (QED) is 0.639. The van der Waals surface area contributed by atoms with Crippen LogP contribution < -0.4 is 11.1 Å². The van der Waals surface area contributed by atoms with Crippen LogP contribution >= 0.6 is 0 Å². The second-order valence-corrected chi connectivity index (χ2v) is 5.27. The smallest absolute Gasteiger partial charge is 0.338 e. The van der Waals surface area contributed by atoms with E-state index in [-0.39, 0.29) is 18.2 Å². The molecule has 1 aliphatic rings. The predicted octanol–water partition coefficient (Wildman–Crippen LogP) is 2.42. The SMILES string of the molecule is CC(C)OC(=O)c1ccc(NCC2CCCO2)c(N)c1. The summed E-state index contributed by atoms with van der Waals surface area (Å²) in [6.45, 7) is 5.21. The van der Waals surface area contributed by atoms with E-state index in [1.54, 1.807) is 18.2 Å². The summed E-state index contributed by atoms with van der Waals surface area (Å²) >= 11 is 0. The summed E-state index contributed by atoms with van der Waals surface area (Å²) < 4.78 is 10.7. The minimum absolute atomic E-state index is 0.138. The molecule has 3 N–H and O–H groups in total. The van der Waals surface area contributed by atoms with Crippen LogP contribution in [0.5, 0.6) is 0 Å². The van der Waals surface area contributed by atoms with Crippen molar-refractivity contribution in [2.24, 2.45) is 0 Å². The first-order valence-electron chi connectivity index (χ1n) is 7.02. The van der Waals surface area contributed by atoms with E-state index in [4.69, 9.17) is 15.2 Å². The zero-order valence-electron chi connectivity index (χ0n) is 12.0. The van der Waals surface area contributed by atoms with Crippen LogP contribution in [0, 0.1) is 0 Å². The van der Waals surface area contributed by atoms with Crippen molar-refractivity contribution in [2.75, 3.05) is 24.2 Å². The third kappa shape index (κ3) is 3.87. The highest BCUT2D eigenvalue weighted by molar-refractivity contribution is 5.92. The average molecular weight is 278 g/mol. The van der Waals surface area contributed by atoms with Gasteiger partial charge in [-0.05, 0) is 44.9 Å². The van der Waals surface area contributed by atoms with E-state index in [1.165, 1.54) is 0 Å². The Morgan fingerprint density at radius 2 is 2.35 bits per heavy atom. The number of anilines is 2. The van der Waals surface area contributed by atoms with Gasteiger partial charge in [-0.3, -0.25) is 0 Å². The fourth-order valence-corrected chi connectivity index (χ4v) is 2.16. The number of hydrogen-bond acceptors (Lipinski definition) is 5. The molecule has 1 unspecified atom stereocenters. The number of nitrogens with two attached hydrogens (primary N) is 1. The standard InChI is InChI=1S/C15H22N2O3/c1-10(2)20-15(18)11-5-6-14(13(16)8-11)17-9-12-4-3-7-19-12/h5-6,8,10,12,17H,3-4,7,9,16H2,1-2H3. The number of nitrogens with one attached hydrogen (secondary N) is 1. The van der Waals surface area contributed by atoms with Crippen molar-refractivity contribution in [1.29, 1.82) is 0 Å². The molecule has 0 spiro atoms. The Morgan fingerprint density at radius 1 is 1.55 bits per heavy atom. The first kappa shape index (κ1) is 14.7. The van der Waals surface area contributed by atoms with E-state index >= 15 is 0 Å². The summed E-state index contributed by atoms with van der Waals surface area (Å²) in [5.41, 5.74) is 7.80. The maximum Gasteiger partial charge on any atom is 0.338 e. The van der Waals surface area contributed by atoms with Crippen LogP contribution in [-0.2, 0) is 9.47 Å². The van der Waals surface area contributed by atoms with E-state index in [0.717, 1.165) is 31.7 Å². The highest BCUT2D eigenvalue weighted by Gasteiger charge is 2.16. The molecule has 20 heavy (non-hydrogen) atoms. The number of ether oxygens (including phenoxy) is 2. The summed E-state index contributed by atoms with van der Waals surface area (Å²) in [6.07, 6.45) is 2.30. The third-order valence-corrected chi connectivity index (χ3v) is 3.17. The van der Waals surface area contributed by atoms with Crippen LogP contribution in [-0.4, -0.2) is 31.3 Å². The van der Waals surface area contributed by atoms with Gasteiger partial charge in [-0.1, -0.05) is 0 Å². The zero-order chi connectivity index (χ0) is 14.5. The molecule has 5 heteroatoms. The molecular weight excluding hydrogens is 256 g/mol. The molecule has 0 amide bonds. The molecular formula is C15H22N2O3. The van der Waals surface area contributed by atoms with Gasteiger partial charge in [-0.15, -0.1) is 0 Å². The fourth-order valence-electron chi connectivity index (χ4n) is 2.16. The summed E-state index contributed by atoms with van der Waals surface area (Å²) in [4.78, 5) is 11.8. The Balaban J connectivity index is 1.96. The van der Waals surface area contributed by atoms with E-state index in [0.29, 0.717) is 11.3 Å². The molecule has 5 nitrogen and oxygen atoms in total. The zero-order valence-corrected chi connectivity index (χ0v) is 12.0. The molecule has 1 heterocycles. The minimum atomic E-state index is -0.350. The van der Waals surface area contributed by atoms with Crippen LogP contribution in [0.4, 0.5) is 11.4 Å². The topological polar surface area (TPSA) is 73.6 Å². The highest BCUT2D eigenvalue weighted by atomic mass is 16.5. The van der Waals surface area contributed by atoms with E-state index in [1.807, 2.05) is 13.8 Å². The van der Waals surface area contributed by atoms with Gasteiger partial charge >= 0.3 is 5.97 Å². The van der Waals surface area contributed by atoms with E-state index in [9.17, 15) is 4.79 Å². The van der Waals surface area contributed by atoms with Gasteiger partial charge in [-0.2, -0.15) is 0 Å². The summed E-state index contributed by atoms with van der Waals surface area (Å²) in [7, 11) is 0. The largest absolute Gasteiger partial charge is 0.459 e. The molecule has 110 valence electrons. The number of benzene rings is 1. The van der Waals surface area contributed by atoms with Crippen molar-refractivity contribution in [1.82, 2.24) is 0 Å². The lowest BCUT2D eigenvalue weighted by molar-refractivity contribution is 0.0378. The van der Waals surface area contributed by atoms with Crippen molar-refractivity contribution >= 4 is 17.3 Å². The Morgan fingerprint density at radius 3 is 2.95 bits per heavy atom. The number of hydrogen-bond donors (Lipinski definition) is 2. The van der Waals surface area contributed by atoms with Gasteiger partial charge in [0.1, 0.15) is 0 Å². The van der Waals surface area contributed by atoms with Gasteiger partial charge in [0, 0.05) is 13.2 Å². The van der Waals surface area contributed by atoms with E-state index < -0.39 is 0 Å². The Labute approximate surface area is 119 Å². The normalized spacial score (nSPS) is 18.2. The monoisotopic (exact) mass is 278 g/mol. The summed E-state index contributed by atoms with van der Waals surface area (Å²) in [5, 5.41) is 3.26. The van der Waals surface area contributed by atoms with E-state index in [2.05, 4.69) is 5.32 Å². The first-order valence-corrected chi connectivity index (χ1v) is 7.02. The minimum Gasteiger partial charge on any atom is -0.459 e. The van der Waals surface area contributed by atoms with Crippen LogP contribution in [0.2, 0.25) is 0 Å². The molecule has 1 aromatic carbocycles. The van der Waals surface area contributed by atoms with Crippen molar-refractivity contribution in [3.63, 3.8) is 0 Å². The van der Waals surface area contributed by atoms with Gasteiger partial charge in [-0.25, -0.2) is 4.79 Å². The number of rotatable bonds is 5. The Bertz CT molecular complexity index is 468. The second kappa shape index (κ2) is 6.61. The lowest BCUT2D eigenvalue weighted by atomic mass is 10.1. The fraction of sp³-hybridized carbons (Fsp3) is 0.533. The van der Waals surface area contributed by atoms with Crippen molar-refractivity contribution in [3.8, 4) is 0 Å². The Kier molecular flexibility index (Phi) is 4.84. The molecule has 0 saturated carbocycles. The van der Waals surface area contributed by atoms with Crippen molar-refractivity contribution in [2.45, 2.75) is 38.9 Å². The predicted molar refractivity (Wildman–Crippen MR) is 78.9 cm³/mol. The average Bonchev–Trinajstić information content (AvgIpc) is 2.89. The number of carbonyl (C=O) groups excluding carboxylic acids is 1. The molecule has 1 aliphatic heterocycles. The van der Waals surface area contributed by atoms with Gasteiger partial charge < -0.3 is 20.5 Å². The molecule has 1 fully saturated rings. The van der Waals surface area contributed by atoms with Crippen LogP contribution in [0.3, 0.4) is 0 Å². The van der Waals surface area contributed by atoms with Gasteiger partial charge in [0.2, 0.25) is 0 Å². The van der Waals surface area contributed by atoms with Crippen molar-refractivity contribution in [3.05, 3.63) is 23.8 Å². The molecule has 0 aliphatic carbocycles. The maximum absolute atomic E-state index is 11.8. The summed E-state index contributed by atoms with van der Waals surface area (Å²) in [5.74, 6) is -0.350. The lowest BCUT2D eigenvalue weighted by Gasteiger charge is -2.14. The molecule has 0 radical (unpaired) electrons. The molecule has 1 saturated heterocycles. The lowest BCUT2D eigenvalue weighted by Crippen LogP contribution is -2.19. The van der Waals surface area contributed by atoms with Gasteiger partial charge in [0.15, 0.2) is 0 Å². The molecule has 2 rings (SSSR count). The molecule has 1 aromatic rings. The number of esters is 1. The number of carbonyl (C=O) groups is 1. The highest BCUT2D eigenvalue weighted by Crippen LogP contribution is 2.22. The first-order chi connectivity index (χ1) is 9.56. The molecule has 0 bridgehead atoms. The van der Waals surface area contributed by atoms with Gasteiger partial charge in [0.25, 0.3) is 0 Å². The Hall–Kier alpha value is -1.75. The van der Waals surface area contributed by atoms with Crippen LogP contribution in [0.25, 0.3) is 0 Å². The number of nitrogen functional groups attached to an aromatic ring is 1. The molecule has 0 aromatic heterocycles. The third-order valence-electron chi connectivity index (χ3n) is 3.17.